The number of para-hydroxylation sites is 2. The van der Waals surface area contributed by atoms with Crippen LogP contribution in [-0.2, 0) is 14.8 Å². The smallest absolute Gasteiger partial charge is 0.232 e. The van der Waals surface area contributed by atoms with Crippen LogP contribution in [0.5, 0.6) is 0 Å². The summed E-state index contributed by atoms with van der Waals surface area (Å²) in [7, 11) is -3.65. The quantitative estimate of drug-likeness (QED) is 0.705. The number of anilines is 2. The largest absolute Gasteiger partial charge is 0.324 e. The van der Waals surface area contributed by atoms with Gasteiger partial charge < -0.3 is 5.32 Å². The minimum atomic E-state index is -3.65. The second-order valence-corrected chi connectivity index (χ2v) is 7.87. The van der Waals surface area contributed by atoms with Crippen molar-refractivity contribution in [3.63, 3.8) is 0 Å². The van der Waals surface area contributed by atoms with Crippen molar-refractivity contribution in [2.75, 3.05) is 22.4 Å². The molecule has 0 fully saturated rings. The van der Waals surface area contributed by atoms with Crippen LogP contribution in [0.25, 0.3) is 10.9 Å². The Labute approximate surface area is 156 Å². The lowest BCUT2D eigenvalue weighted by molar-refractivity contribution is -0.116. The molecule has 1 aromatic heterocycles. The van der Waals surface area contributed by atoms with Gasteiger partial charge in [-0.2, -0.15) is 0 Å². The summed E-state index contributed by atoms with van der Waals surface area (Å²) in [5.74, 6) is -1.04. The van der Waals surface area contributed by atoms with E-state index in [4.69, 9.17) is 0 Å². The average molecular weight is 387 g/mol. The van der Waals surface area contributed by atoms with E-state index >= 15 is 0 Å². The van der Waals surface area contributed by atoms with Crippen LogP contribution in [0.4, 0.5) is 15.8 Å². The molecule has 0 aliphatic carbocycles. The molecule has 0 unspecified atom stereocenters. The van der Waals surface area contributed by atoms with Crippen molar-refractivity contribution < 1.29 is 17.6 Å². The highest BCUT2D eigenvalue weighted by Crippen LogP contribution is 2.27. The standard InChI is InChI=1S/C19H18FN3O3S/c1-27(25,26)23(17-10-4-6-14-7-5-12-21-19(14)17)13-11-18(24)22-16-9-3-2-8-15(16)20/h2-10,12H,11,13H2,1H3,(H,22,24). The molecule has 0 radical (unpaired) electrons. The highest BCUT2D eigenvalue weighted by molar-refractivity contribution is 7.92. The molecule has 2 aromatic carbocycles. The predicted molar refractivity (Wildman–Crippen MR) is 104 cm³/mol. The number of nitrogens with zero attached hydrogens (tertiary/aromatic N) is 2. The lowest BCUT2D eigenvalue weighted by Crippen LogP contribution is -2.33. The van der Waals surface area contributed by atoms with Gasteiger partial charge in [0.25, 0.3) is 0 Å². The SMILES string of the molecule is CS(=O)(=O)N(CCC(=O)Nc1ccccc1F)c1cccc2cccnc12. The number of fused-ring (bicyclic) bond motifs is 1. The molecule has 0 aliphatic rings. The number of halogens is 1. The Hall–Kier alpha value is -3.00. The zero-order chi connectivity index (χ0) is 19.4. The predicted octanol–water partition coefficient (Wildman–Crippen LogP) is 3.17. The van der Waals surface area contributed by atoms with Crippen LogP contribution in [-0.4, -0.2) is 32.1 Å². The molecular weight excluding hydrogens is 369 g/mol. The van der Waals surface area contributed by atoms with Crippen LogP contribution in [0.3, 0.4) is 0 Å². The third-order valence-corrected chi connectivity index (χ3v) is 5.15. The maximum Gasteiger partial charge on any atom is 0.232 e. The molecule has 1 amide bonds. The molecule has 8 heteroatoms. The van der Waals surface area contributed by atoms with Gasteiger partial charge in [0.1, 0.15) is 5.82 Å². The number of hydrogen-bond donors (Lipinski definition) is 1. The van der Waals surface area contributed by atoms with E-state index in [2.05, 4.69) is 10.3 Å². The Morgan fingerprint density at radius 1 is 1.11 bits per heavy atom. The third-order valence-electron chi connectivity index (χ3n) is 3.97. The molecule has 0 aliphatic heterocycles. The summed E-state index contributed by atoms with van der Waals surface area (Å²) < 4.78 is 39.4. The number of nitrogens with one attached hydrogen (secondary N) is 1. The van der Waals surface area contributed by atoms with E-state index in [1.54, 1.807) is 30.5 Å². The average Bonchev–Trinajstić information content (AvgIpc) is 2.63. The Kier molecular flexibility index (Phi) is 5.36. The number of amides is 1. The first-order valence-electron chi connectivity index (χ1n) is 8.22. The van der Waals surface area contributed by atoms with Gasteiger partial charge in [-0.1, -0.05) is 30.3 Å². The molecule has 3 rings (SSSR count). The van der Waals surface area contributed by atoms with Gasteiger partial charge in [-0.15, -0.1) is 0 Å². The molecule has 27 heavy (non-hydrogen) atoms. The van der Waals surface area contributed by atoms with Crippen LogP contribution >= 0.6 is 0 Å². The lowest BCUT2D eigenvalue weighted by Gasteiger charge is -2.23. The van der Waals surface area contributed by atoms with E-state index in [1.165, 1.54) is 18.2 Å². The zero-order valence-corrected chi connectivity index (χ0v) is 15.4. The maximum absolute atomic E-state index is 13.6. The number of benzene rings is 2. The number of sulfonamides is 1. The van der Waals surface area contributed by atoms with Crippen LogP contribution in [0.15, 0.2) is 60.8 Å². The van der Waals surface area contributed by atoms with Crippen molar-refractivity contribution in [2.45, 2.75) is 6.42 Å². The fourth-order valence-electron chi connectivity index (χ4n) is 2.73. The molecule has 0 saturated carbocycles. The van der Waals surface area contributed by atoms with E-state index in [1.807, 2.05) is 12.1 Å². The van der Waals surface area contributed by atoms with Crippen molar-refractivity contribution in [3.05, 3.63) is 66.6 Å². The second-order valence-electron chi connectivity index (χ2n) is 5.97. The summed E-state index contributed by atoms with van der Waals surface area (Å²) in [5.41, 5.74) is 0.981. The molecule has 0 bridgehead atoms. The topological polar surface area (TPSA) is 79.4 Å². The van der Waals surface area contributed by atoms with Gasteiger partial charge in [0.05, 0.1) is 23.1 Å². The second kappa shape index (κ2) is 7.71. The fourth-order valence-corrected chi connectivity index (χ4v) is 3.66. The Morgan fingerprint density at radius 2 is 1.85 bits per heavy atom. The minimum Gasteiger partial charge on any atom is -0.324 e. The summed E-state index contributed by atoms with van der Waals surface area (Å²) >= 11 is 0. The first kappa shape index (κ1) is 18.8. The summed E-state index contributed by atoms with van der Waals surface area (Å²) in [4.78, 5) is 16.4. The summed E-state index contributed by atoms with van der Waals surface area (Å²) in [6, 6.07) is 14.6. The van der Waals surface area contributed by atoms with E-state index in [-0.39, 0.29) is 18.7 Å². The van der Waals surface area contributed by atoms with E-state index in [0.29, 0.717) is 11.2 Å². The molecule has 1 N–H and O–H groups in total. The first-order valence-corrected chi connectivity index (χ1v) is 10.1. The monoisotopic (exact) mass is 387 g/mol. The molecule has 3 aromatic rings. The van der Waals surface area contributed by atoms with E-state index in [9.17, 15) is 17.6 Å². The minimum absolute atomic E-state index is 0.0558. The molecule has 6 nitrogen and oxygen atoms in total. The van der Waals surface area contributed by atoms with Gasteiger partial charge in [-0.3, -0.25) is 14.1 Å². The van der Waals surface area contributed by atoms with Crippen molar-refractivity contribution in [2.24, 2.45) is 0 Å². The van der Waals surface area contributed by atoms with Crippen molar-refractivity contribution in [3.8, 4) is 0 Å². The molecular formula is C19H18FN3O3S. The van der Waals surface area contributed by atoms with Crippen LogP contribution in [0.1, 0.15) is 6.42 Å². The van der Waals surface area contributed by atoms with Gasteiger partial charge in [0.2, 0.25) is 15.9 Å². The molecule has 0 spiro atoms. The van der Waals surface area contributed by atoms with Crippen molar-refractivity contribution in [1.82, 2.24) is 4.98 Å². The van der Waals surface area contributed by atoms with Crippen molar-refractivity contribution >= 4 is 38.2 Å². The number of rotatable bonds is 6. The van der Waals surface area contributed by atoms with Gasteiger partial charge in [0, 0.05) is 24.5 Å². The molecule has 140 valence electrons. The normalized spacial score (nSPS) is 11.3. The van der Waals surface area contributed by atoms with Crippen LogP contribution in [0, 0.1) is 5.82 Å². The zero-order valence-electron chi connectivity index (χ0n) is 14.6. The Balaban J connectivity index is 1.82. The number of aromatic nitrogens is 1. The van der Waals surface area contributed by atoms with Gasteiger partial charge in [-0.05, 0) is 24.3 Å². The van der Waals surface area contributed by atoms with E-state index < -0.39 is 21.7 Å². The Morgan fingerprint density at radius 3 is 2.59 bits per heavy atom. The van der Waals surface area contributed by atoms with Crippen LogP contribution in [0.2, 0.25) is 0 Å². The summed E-state index contributed by atoms with van der Waals surface area (Å²) in [5, 5.41) is 3.25. The number of pyridine rings is 1. The lowest BCUT2D eigenvalue weighted by atomic mass is 10.2. The highest BCUT2D eigenvalue weighted by atomic mass is 32.2. The number of carbonyl (C=O) groups is 1. The molecule has 0 atom stereocenters. The number of hydrogen-bond acceptors (Lipinski definition) is 4. The molecule has 1 heterocycles. The van der Waals surface area contributed by atoms with Crippen LogP contribution < -0.4 is 9.62 Å². The van der Waals surface area contributed by atoms with Gasteiger partial charge in [-0.25, -0.2) is 12.8 Å². The summed E-state index contributed by atoms with van der Waals surface area (Å²) in [6.45, 7) is -0.0885. The summed E-state index contributed by atoms with van der Waals surface area (Å²) in [6.07, 6.45) is 2.52. The number of carbonyl (C=O) groups excluding carboxylic acids is 1. The van der Waals surface area contributed by atoms with Gasteiger partial charge >= 0.3 is 0 Å². The highest BCUT2D eigenvalue weighted by Gasteiger charge is 2.21. The third kappa shape index (κ3) is 4.40. The molecule has 0 saturated heterocycles. The van der Waals surface area contributed by atoms with Crippen molar-refractivity contribution in [1.29, 1.82) is 0 Å². The maximum atomic E-state index is 13.6. The first-order chi connectivity index (χ1) is 12.9. The fraction of sp³-hybridized carbons (Fsp3) is 0.158. The van der Waals surface area contributed by atoms with Gasteiger partial charge in [0.15, 0.2) is 0 Å². The van der Waals surface area contributed by atoms with E-state index in [0.717, 1.165) is 15.9 Å². The Bertz CT molecular complexity index is 1080.